The molecule has 1 aliphatic rings. The molecule has 6 nitrogen and oxygen atoms in total. The van der Waals surface area contributed by atoms with Gasteiger partial charge < -0.3 is 14.2 Å². The van der Waals surface area contributed by atoms with Gasteiger partial charge in [0.25, 0.3) is 0 Å². The molecular formula is C20H16FNO5. The minimum absolute atomic E-state index is 0.0421. The lowest BCUT2D eigenvalue weighted by molar-refractivity contribution is -0.145. The number of hydrogen-bond donors (Lipinski definition) is 0. The fraction of sp³-hybridized carbons (Fsp3) is 0.150. The normalized spacial score (nSPS) is 14.7. The number of esters is 2. The highest BCUT2D eigenvalue weighted by molar-refractivity contribution is 6.12. The van der Waals surface area contributed by atoms with Gasteiger partial charge in [-0.2, -0.15) is 0 Å². The van der Waals surface area contributed by atoms with Gasteiger partial charge in [-0.3, -0.25) is 0 Å². The number of cyclic esters (lactones) is 1. The summed E-state index contributed by atoms with van der Waals surface area (Å²) < 4.78 is 28.6. The molecule has 0 saturated carbocycles. The Morgan fingerprint density at radius 2 is 2.04 bits per heavy atom. The number of carbonyl (C=O) groups is 2. The molecule has 138 valence electrons. The van der Waals surface area contributed by atoms with Crippen LogP contribution in [0.25, 0.3) is 6.08 Å². The van der Waals surface area contributed by atoms with Crippen LogP contribution in [0.15, 0.2) is 59.2 Å². The third-order valence-electron chi connectivity index (χ3n) is 3.52. The SMILES string of the molecule is CCOC(=O)COc1cccc(/C=C2\N=C(c3cccc(F)c3)OC2=O)c1. The van der Waals surface area contributed by atoms with Crippen LogP contribution in [0.5, 0.6) is 5.75 Å². The van der Waals surface area contributed by atoms with Crippen LogP contribution in [0.1, 0.15) is 18.1 Å². The van der Waals surface area contributed by atoms with Crippen molar-refractivity contribution < 1.29 is 28.2 Å². The monoisotopic (exact) mass is 369 g/mol. The number of ether oxygens (including phenoxy) is 3. The zero-order valence-electron chi connectivity index (χ0n) is 14.5. The lowest BCUT2D eigenvalue weighted by Gasteiger charge is -2.06. The number of benzene rings is 2. The fourth-order valence-corrected chi connectivity index (χ4v) is 2.35. The maximum absolute atomic E-state index is 13.3. The molecule has 1 heterocycles. The Kier molecular flexibility index (Phi) is 5.61. The topological polar surface area (TPSA) is 74.2 Å². The molecule has 2 aromatic carbocycles. The lowest BCUT2D eigenvalue weighted by atomic mass is 10.2. The first-order chi connectivity index (χ1) is 13.0. The van der Waals surface area contributed by atoms with Crippen molar-refractivity contribution in [2.24, 2.45) is 4.99 Å². The van der Waals surface area contributed by atoms with Crippen molar-refractivity contribution in [1.82, 2.24) is 0 Å². The van der Waals surface area contributed by atoms with Crippen molar-refractivity contribution in [3.05, 3.63) is 71.2 Å². The summed E-state index contributed by atoms with van der Waals surface area (Å²) >= 11 is 0. The van der Waals surface area contributed by atoms with Crippen LogP contribution in [-0.2, 0) is 19.1 Å². The first-order valence-corrected chi connectivity index (χ1v) is 8.22. The van der Waals surface area contributed by atoms with Crippen molar-refractivity contribution in [1.29, 1.82) is 0 Å². The minimum Gasteiger partial charge on any atom is -0.482 e. The van der Waals surface area contributed by atoms with Gasteiger partial charge in [0.15, 0.2) is 12.3 Å². The second-order valence-electron chi connectivity index (χ2n) is 5.51. The van der Waals surface area contributed by atoms with Gasteiger partial charge in [-0.05, 0) is 48.9 Å². The molecule has 0 aromatic heterocycles. The van der Waals surface area contributed by atoms with E-state index in [1.165, 1.54) is 24.3 Å². The summed E-state index contributed by atoms with van der Waals surface area (Å²) in [5.41, 5.74) is 1.09. The molecule has 0 aliphatic carbocycles. The quantitative estimate of drug-likeness (QED) is 0.578. The zero-order valence-corrected chi connectivity index (χ0v) is 14.5. The third-order valence-corrected chi connectivity index (χ3v) is 3.52. The molecule has 0 amide bonds. The van der Waals surface area contributed by atoms with E-state index >= 15 is 0 Å². The summed E-state index contributed by atoms with van der Waals surface area (Å²) in [5, 5.41) is 0. The second-order valence-corrected chi connectivity index (χ2v) is 5.51. The molecule has 3 rings (SSSR count). The number of halogens is 1. The van der Waals surface area contributed by atoms with Gasteiger partial charge in [0.2, 0.25) is 5.90 Å². The minimum atomic E-state index is -0.632. The Hall–Kier alpha value is -3.48. The van der Waals surface area contributed by atoms with E-state index in [2.05, 4.69) is 4.99 Å². The molecule has 7 heteroatoms. The van der Waals surface area contributed by atoms with Crippen LogP contribution in [-0.4, -0.2) is 31.1 Å². The van der Waals surface area contributed by atoms with Gasteiger partial charge in [-0.1, -0.05) is 18.2 Å². The molecule has 1 aliphatic heterocycles. The van der Waals surface area contributed by atoms with E-state index in [1.54, 1.807) is 37.3 Å². The maximum atomic E-state index is 13.3. The molecule has 0 spiro atoms. The maximum Gasteiger partial charge on any atom is 0.363 e. The van der Waals surface area contributed by atoms with Crippen molar-refractivity contribution >= 4 is 23.9 Å². The Bertz CT molecular complexity index is 935. The van der Waals surface area contributed by atoms with E-state index in [0.29, 0.717) is 16.9 Å². The molecule has 0 N–H and O–H groups in total. The molecule has 2 aromatic rings. The van der Waals surface area contributed by atoms with Crippen LogP contribution in [0.4, 0.5) is 4.39 Å². The van der Waals surface area contributed by atoms with Gasteiger partial charge in [0.05, 0.1) is 6.61 Å². The first-order valence-electron chi connectivity index (χ1n) is 8.22. The van der Waals surface area contributed by atoms with Crippen molar-refractivity contribution in [2.75, 3.05) is 13.2 Å². The highest BCUT2D eigenvalue weighted by Crippen LogP contribution is 2.21. The summed E-state index contributed by atoms with van der Waals surface area (Å²) in [4.78, 5) is 27.5. The largest absolute Gasteiger partial charge is 0.482 e. The highest BCUT2D eigenvalue weighted by atomic mass is 19.1. The number of nitrogens with zero attached hydrogens (tertiary/aromatic N) is 1. The third kappa shape index (κ3) is 4.78. The predicted molar refractivity (Wildman–Crippen MR) is 95.6 cm³/mol. The number of hydrogen-bond acceptors (Lipinski definition) is 6. The van der Waals surface area contributed by atoms with Gasteiger partial charge >= 0.3 is 11.9 Å². The van der Waals surface area contributed by atoms with E-state index in [1.807, 2.05) is 0 Å². The van der Waals surface area contributed by atoms with E-state index in [9.17, 15) is 14.0 Å². The van der Waals surface area contributed by atoms with Crippen molar-refractivity contribution in [3.63, 3.8) is 0 Å². The van der Waals surface area contributed by atoms with Gasteiger partial charge in [0, 0.05) is 5.56 Å². The molecule has 0 bridgehead atoms. The molecule has 27 heavy (non-hydrogen) atoms. The summed E-state index contributed by atoms with van der Waals surface area (Å²) in [5.74, 6) is -1.06. The fourth-order valence-electron chi connectivity index (χ4n) is 2.35. The molecule has 0 fully saturated rings. The highest BCUT2D eigenvalue weighted by Gasteiger charge is 2.24. The van der Waals surface area contributed by atoms with E-state index in [4.69, 9.17) is 14.2 Å². The lowest BCUT2D eigenvalue weighted by Crippen LogP contribution is -2.14. The average Bonchev–Trinajstić information content (AvgIpc) is 3.01. The Labute approximate surface area is 154 Å². The van der Waals surface area contributed by atoms with Crippen LogP contribution < -0.4 is 4.74 Å². The Balaban J connectivity index is 1.77. The van der Waals surface area contributed by atoms with Crippen LogP contribution >= 0.6 is 0 Å². The van der Waals surface area contributed by atoms with Gasteiger partial charge in [0.1, 0.15) is 11.6 Å². The molecular weight excluding hydrogens is 353 g/mol. The summed E-state index contributed by atoms with van der Waals surface area (Å²) in [7, 11) is 0. The number of aliphatic imine (C=N–C) groups is 1. The number of rotatable bonds is 6. The van der Waals surface area contributed by atoms with Crippen molar-refractivity contribution in [2.45, 2.75) is 6.92 Å². The molecule has 0 atom stereocenters. The molecule has 0 radical (unpaired) electrons. The molecule has 0 unspecified atom stereocenters. The predicted octanol–water partition coefficient (Wildman–Crippen LogP) is 3.11. The van der Waals surface area contributed by atoms with Gasteiger partial charge in [-0.15, -0.1) is 0 Å². The summed E-state index contributed by atoms with van der Waals surface area (Å²) in [6.07, 6.45) is 1.52. The van der Waals surface area contributed by atoms with E-state index < -0.39 is 17.8 Å². The van der Waals surface area contributed by atoms with Crippen LogP contribution in [0.3, 0.4) is 0 Å². The summed E-state index contributed by atoms with van der Waals surface area (Å²) in [6.45, 7) is 1.78. The zero-order chi connectivity index (χ0) is 19.2. The van der Waals surface area contributed by atoms with E-state index in [-0.39, 0.29) is 24.8 Å². The Morgan fingerprint density at radius 1 is 1.22 bits per heavy atom. The smallest absolute Gasteiger partial charge is 0.363 e. The van der Waals surface area contributed by atoms with Crippen molar-refractivity contribution in [3.8, 4) is 5.75 Å². The second kappa shape index (κ2) is 8.27. The molecule has 0 saturated heterocycles. The van der Waals surface area contributed by atoms with Crippen LogP contribution in [0, 0.1) is 5.82 Å². The standard InChI is InChI=1S/C20H16FNO5/c1-2-25-18(23)12-26-16-8-3-5-13(9-16)10-17-20(24)27-19(22-17)14-6-4-7-15(21)11-14/h3-11H,2,12H2,1H3/b17-10-. The van der Waals surface area contributed by atoms with Gasteiger partial charge in [-0.25, -0.2) is 19.0 Å². The average molecular weight is 369 g/mol. The Morgan fingerprint density at radius 3 is 2.81 bits per heavy atom. The van der Waals surface area contributed by atoms with E-state index in [0.717, 1.165) is 0 Å². The summed E-state index contributed by atoms with van der Waals surface area (Å²) in [6, 6.07) is 12.4. The first kappa shape index (κ1) is 18.3. The van der Waals surface area contributed by atoms with Crippen LogP contribution in [0.2, 0.25) is 0 Å². The number of carbonyl (C=O) groups excluding carboxylic acids is 2.